The van der Waals surface area contributed by atoms with Crippen molar-refractivity contribution in [2.45, 2.75) is 36.1 Å². The van der Waals surface area contributed by atoms with E-state index in [4.69, 9.17) is 23.2 Å². The quantitative estimate of drug-likeness (QED) is 0.293. The van der Waals surface area contributed by atoms with Gasteiger partial charge in [-0.05, 0) is 54.8 Å². The molecule has 0 bridgehead atoms. The maximum absolute atomic E-state index is 14.1. The molecule has 0 radical (unpaired) electrons. The lowest BCUT2D eigenvalue weighted by atomic mass is 10.0. The minimum Gasteiger partial charge on any atom is -0.282 e. The van der Waals surface area contributed by atoms with E-state index in [2.05, 4.69) is 9.97 Å². The number of nitrogens with zero attached hydrogens (tertiary/aromatic N) is 4. The predicted molar refractivity (Wildman–Crippen MR) is 141 cm³/mol. The van der Waals surface area contributed by atoms with Crippen molar-refractivity contribution in [2.24, 2.45) is 0 Å². The third-order valence-electron chi connectivity index (χ3n) is 5.75. The lowest BCUT2D eigenvalue weighted by Gasteiger charge is -2.35. The molecule has 0 spiro atoms. The number of thiophene rings is 1. The van der Waals surface area contributed by atoms with Gasteiger partial charge in [-0.3, -0.25) is 14.7 Å². The third-order valence-corrected chi connectivity index (χ3v) is 10.6. The van der Waals surface area contributed by atoms with Gasteiger partial charge < -0.3 is 0 Å². The molecule has 1 atom stereocenters. The Hall–Kier alpha value is -2.08. The number of rotatable bonds is 6. The minimum absolute atomic E-state index is 0.135. The van der Waals surface area contributed by atoms with Gasteiger partial charge in [-0.25, -0.2) is 13.4 Å². The fourth-order valence-corrected chi connectivity index (χ4v) is 8.60. The second-order valence-corrected chi connectivity index (χ2v) is 13.4. The van der Waals surface area contributed by atoms with Crippen molar-refractivity contribution in [3.8, 4) is 0 Å². The number of thiazole rings is 1. The maximum Gasteiger partial charge on any atom is 0.253 e. The van der Waals surface area contributed by atoms with Crippen LogP contribution in [0.15, 0.2) is 59.1 Å². The number of amides is 1. The molecule has 0 N–H and O–H groups in total. The van der Waals surface area contributed by atoms with E-state index in [0.29, 0.717) is 27.3 Å². The number of carbonyl (C=O) groups excluding carboxylic acids is 1. The van der Waals surface area contributed by atoms with Crippen molar-refractivity contribution in [1.29, 1.82) is 0 Å². The first kappa shape index (κ1) is 24.6. The number of fused-ring (bicyclic) bond motifs is 1. The summed E-state index contributed by atoms with van der Waals surface area (Å²) in [5, 5.41) is 1.07. The van der Waals surface area contributed by atoms with E-state index >= 15 is 0 Å². The second kappa shape index (κ2) is 10.1. The van der Waals surface area contributed by atoms with Crippen LogP contribution in [-0.4, -0.2) is 41.2 Å². The van der Waals surface area contributed by atoms with Gasteiger partial charge in [0.15, 0.2) is 5.13 Å². The Morgan fingerprint density at radius 2 is 2.00 bits per heavy atom. The van der Waals surface area contributed by atoms with Gasteiger partial charge in [-0.15, -0.1) is 11.3 Å². The Morgan fingerprint density at radius 1 is 1.14 bits per heavy atom. The van der Waals surface area contributed by atoms with Crippen LogP contribution in [0.2, 0.25) is 9.36 Å². The molecule has 0 aliphatic carbocycles. The first-order chi connectivity index (χ1) is 16.8. The van der Waals surface area contributed by atoms with E-state index in [1.165, 1.54) is 21.7 Å². The summed E-state index contributed by atoms with van der Waals surface area (Å²) in [4.78, 5) is 24.5. The average Bonchev–Trinajstić information content (AvgIpc) is 3.49. The van der Waals surface area contributed by atoms with Gasteiger partial charge in [-0.1, -0.05) is 47.0 Å². The molecule has 5 rings (SSSR count). The number of carbonyl (C=O) groups is 1. The molecule has 1 amide bonds. The molecule has 1 aliphatic rings. The van der Waals surface area contributed by atoms with Crippen molar-refractivity contribution in [3.63, 3.8) is 0 Å². The van der Waals surface area contributed by atoms with Gasteiger partial charge in [0.05, 0.1) is 21.1 Å². The molecular formula is C23H20Cl2N4O3S3. The summed E-state index contributed by atoms with van der Waals surface area (Å²) in [5.41, 5.74) is 1.54. The highest BCUT2D eigenvalue weighted by atomic mass is 35.5. The second-order valence-electron chi connectivity index (χ2n) is 8.08. The van der Waals surface area contributed by atoms with E-state index in [1.54, 1.807) is 35.5 Å². The van der Waals surface area contributed by atoms with Gasteiger partial charge in [0.2, 0.25) is 5.91 Å². The van der Waals surface area contributed by atoms with Gasteiger partial charge >= 0.3 is 0 Å². The number of piperidine rings is 1. The number of sulfonamides is 1. The van der Waals surface area contributed by atoms with E-state index in [1.807, 2.05) is 18.2 Å². The van der Waals surface area contributed by atoms with Crippen LogP contribution in [0.1, 0.15) is 24.8 Å². The van der Waals surface area contributed by atoms with Gasteiger partial charge in [0.1, 0.15) is 10.3 Å². The monoisotopic (exact) mass is 566 g/mol. The van der Waals surface area contributed by atoms with Crippen LogP contribution < -0.4 is 4.90 Å². The van der Waals surface area contributed by atoms with Gasteiger partial charge in [-0.2, -0.15) is 4.31 Å². The van der Waals surface area contributed by atoms with Crippen LogP contribution >= 0.6 is 45.9 Å². The maximum atomic E-state index is 14.1. The highest BCUT2D eigenvalue weighted by Crippen LogP contribution is 2.35. The topological polar surface area (TPSA) is 83.5 Å². The van der Waals surface area contributed by atoms with Crippen LogP contribution in [0.25, 0.3) is 10.2 Å². The Labute approximate surface area is 221 Å². The molecule has 7 nitrogen and oxygen atoms in total. The highest BCUT2D eigenvalue weighted by molar-refractivity contribution is 7.91. The van der Waals surface area contributed by atoms with Crippen LogP contribution in [0.3, 0.4) is 0 Å². The number of hydrogen-bond donors (Lipinski definition) is 0. The summed E-state index contributed by atoms with van der Waals surface area (Å²) in [6, 6.07) is 11.2. The predicted octanol–water partition coefficient (Wildman–Crippen LogP) is 5.84. The molecule has 0 saturated carbocycles. The molecule has 1 saturated heterocycles. The standard InChI is InChI=1S/C23H20Cl2N4O3S3/c24-16-6-7-17-19(12-16)33-23(27-17)28(14-15-4-3-10-26-13-15)22(30)18-5-1-2-11-29(18)35(31,32)21-9-8-20(25)34-21/h3-4,6-10,12-13,18H,1-2,5,11,14H2. The minimum atomic E-state index is -3.88. The number of halogens is 2. The largest absolute Gasteiger partial charge is 0.282 e. The summed E-state index contributed by atoms with van der Waals surface area (Å²) in [5.74, 6) is -0.315. The normalized spacial score (nSPS) is 17.0. The molecule has 1 fully saturated rings. The molecule has 4 aromatic rings. The first-order valence-corrected chi connectivity index (χ1v) is 14.7. The summed E-state index contributed by atoms with van der Waals surface area (Å²) < 4.78 is 29.6. The molecule has 1 unspecified atom stereocenters. The van der Waals surface area contributed by atoms with Crippen LogP contribution in [0.4, 0.5) is 5.13 Å². The Balaban J connectivity index is 1.54. The summed E-state index contributed by atoms with van der Waals surface area (Å²) >= 11 is 14.5. The Kier molecular flexibility index (Phi) is 7.11. The zero-order chi connectivity index (χ0) is 24.6. The number of hydrogen-bond acceptors (Lipinski definition) is 7. The molecule has 4 heterocycles. The van der Waals surface area contributed by atoms with Crippen LogP contribution in [0, 0.1) is 0 Å². The van der Waals surface area contributed by atoms with Crippen molar-refractivity contribution >= 4 is 77.2 Å². The number of aromatic nitrogens is 2. The zero-order valence-corrected chi connectivity index (χ0v) is 22.3. The molecule has 12 heteroatoms. The summed E-state index contributed by atoms with van der Waals surface area (Å²) in [6.07, 6.45) is 5.22. The van der Waals surface area contributed by atoms with Gasteiger partial charge in [0.25, 0.3) is 10.0 Å². The van der Waals surface area contributed by atoms with E-state index in [9.17, 15) is 13.2 Å². The number of benzene rings is 1. The molecule has 182 valence electrons. The van der Waals surface area contributed by atoms with E-state index in [-0.39, 0.29) is 23.2 Å². The summed E-state index contributed by atoms with van der Waals surface area (Å²) in [7, 11) is -3.88. The highest BCUT2D eigenvalue weighted by Gasteiger charge is 2.41. The van der Waals surface area contributed by atoms with Crippen molar-refractivity contribution < 1.29 is 13.2 Å². The average molecular weight is 568 g/mol. The van der Waals surface area contributed by atoms with Crippen molar-refractivity contribution in [2.75, 3.05) is 11.4 Å². The van der Waals surface area contributed by atoms with Crippen molar-refractivity contribution in [1.82, 2.24) is 14.3 Å². The fourth-order valence-electron chi connectivity index (χ4n) is 4.09. The smallest absolute Gasteiger partial charge is 0.253 e. The third kappa shape index (κ3) is 5.09. The first-order valence-electron chi connectivity index (χ1n) is 10.9. The molecule has 35 heavy (non-hydrogen) atoms. The molecular weight excluding hydrogens is 547 g/mol. The number of anilines is 1. The molecule has 3 aromatic heterocycles. The zero-order valence-electron chi connectivity index (χ0n) is 18.3. The molecule has 1 aromatic carbocycles. The number of pyridine rings is 1. The van der Waals surface area contributed by atoms with Crippen molar-refractivity contribution in [3.05, 3.63) is 69.8 Å². The Morgan fingerprint density at radius 3 is 2.74 bits per heavy atom. The summed E-state index contributed by atoms with van der Waals surface area (Å²) in [6.45, 7) is 0.486. The Bertz CT molecular complexity index is 1470. The van der Waals surface area contributed by atoms with E-state index in [0.717, 1.165) is 33.5 Å². The van der Waals surface area contributed by atoms with Gasteiger partial charge in [0, 0.05) is 24.0 Å². The van der Waals surface area contributed by atoms with Crippen LogP contribution in [0.5, 0.6) is 0 Å². The SMILES string of the molecule is O=C(C1CCCCN1S(=O)(=O)c1ccc(Cl)s1)N(Cc1cccnc1)c1nc2ccc(Cl)cc2s1. The van der Waals surface area contributed by atoms with Crippen LogP contribution in [-0.2, 0) is 21.4 Å². The lowest BCUT2D eigenvalue weighted by molar-refractivity contribution is -0.123. The van der Waals surface area contributed by atoms with E-state index < -0.39 is 16.1 Å². The fraction of sp³-hybridized carbons (Fsp3) is 0.261. The molecule has 1 aliphatic heterocycles. The lowest BCUT2D eigenvalue weighted by Crippen LogP contribution is -2.52.